The lowest BCUT2D eigenvalue weighted by atomic mass is 9.54. The maximum atomic E-state index is 12.5. The van der Waals surface area contributed by atoms with E-state index in [9.17, 15) is 4.79 Å². The Labute approximate surface area is 152 Å². The zero-order valence-electron chi connectivity index (χ0n) is 16.6. The van der Waals surface area contributed by atoms with Gasteiger partial charge >= 0.3 is 0 Å². The zero-order chi connectivity index (χ0) is 18.7. The van der Waals surface area contributed by atoms with E-state index in [1.807, 2.05) is 20.8 Å². The summed E-state index contributed by atoms with van der Waals surface area (Å²) in [5.41, 5.74) is 5.25. The second-order valence-corrected chi connectivity index (χ2v) is 8.32. The average Bonchev–Trinajstić information content (AvgIpc) is 2.53. The molecule has 0 spiro atoms. The molecule has 6 nitrogen and oxygen atoms in total. The van der Waals surface area contributed by atoms with Gasteiger partial charge in [0.05, 0.1) is 18.3 Å². The molecule has 0 bridgehead atoms. The summed E-state index contributed by atoms with van der Waals surface area (Å²) in [4.78, 5) is 15.0. The number of ether oxygens (including phenoxy) is 2. The fourth-order valence-corrected chi connectivity index (χ4v) is 4.11. The minimum absolute atomic E-state index is 0.0397. The van der Waals surface area contributed by atoms with Gasteiger partial charge in [-0.25, -0.2) is 0 Å². The van der Waals surface area contributed by atoms with Crippen LogP contribution in [0.1, 0.15) is 53.9 Å². The van der Waals surface area contributed by atoms with Crippen molar-refractivity contribution in [2.24, 2.45) is 11.1 Å². The fraction of sp³-hybridized carbons (Fsp3) is 0.947. The number of hydrogen-bond acceptors (Lipinski definition) is 5. The Morgan fingerprint density at radius 3 is 2.48 bits per heavy atom. The van der Waals surface area contributed by atoms with Gasteiger partial charge in [0.2, 0.25) is 5.91 Å². The molecule has 1 saturated heterocycles. The lowest BCUT2D eigenvalue weighted by Gasteiger charge is -2.57. The molecule has 0 aromatic carbocycles. The van der Waals surface area contributed by atoms with Crippen LogP contribution in [0.3, 0.4) is 0 Å². The summed E-state index contributed by atoms with van der Waals surface area (Å²) in [6, 6.07) is 0. The van der Waals surface area contributed by atoms with Crippen LogP contribution in [0, 0.1) is 5.41 Å². The highest BCUT2D eigenvalue weighted by Crippen LogP contribution is 2.49. The van der Waals surface area contributed by atoms with Crippen LogP contribution < -0.4 is 11.1 Å². The smallest absolute Gasteiger partial charge is 0.240 e. The van der Waals surface area contributed by atoms with Crippen LogP contribution in [0.2, 0.25) is 0 Å². The number of hydrogen-bond donors (Lipinski definition) is 2. The van der Waals surface area contributed by atoms with Crippen LogP contribution in [0.25, 0.3) is 0 Å². The highest BCUT2D eigenvalue weighted by molar-refractivity contribution is 5.88. The van der Waals surface area contributed by atoms with Crippen LogP contribution in [0.4, 0.5) is 0 Å². The van der Waals surface area contributed by atoms with Crippen molar-refractivity contribution in [1.82, 2.24) is 10.2 Å². The highest BCUT2D eigenvalue weighted by atomic mass is 16.5. The summed E-state index contributed by atoms with van der Waals surface area (Å²) < 4.78 is 11.4. The van der Waals surface area contributed by atoms with Crippen molar-refractivity contribution in [3.8, 4) is 0 Å². The van der Waals surface area contributed by atoms with Gasteiger partial charge < -0.3 is 20.5 Å². The van der Waals surface area contributed by atoms with Gasteiger partial charge in [0.1, 0.15) is 5.54 Å². The Hall–Kier alpha value is -0.690. The molecule has 0 radical (unpaired) electrons. The maximum Gasteiger partial charge on any atom is 0.240 e. The summed E-state index contributed by atoms with van der Waals surface area (Å²) in [7, 11) is 0. The van der Waals surface area contributed by atoms with E-state index in [0.717, 1.165) is 32.5 Å². The number of nitrogens with zero attached hydrogens (tertiary/aromatic N) is 1. The van der Waals surface area contributed by atoms with E-state index in [4.69, 9.17) is 15.2 Å². The van der Waals surface area contributed by atoms with Crippen molar-refractivity contribution >= 4 is 5.91 Å². The number of nitrogens with one attached hydrogen (secondary N) is 1. The minimum atomic E-state index is -0.818. The largest absolute Gasteiger partial charge is 0.378 e. The number of carbonyl (C=O) groups excluding carboxylic acids is 1. The number of nitrogens with two attached hydrogens (primary N) is 1. The number of amides is 1. The fourth-order valence-electron chi connectivity index (χ4n) is 4.11. The normalized spacial score (nSPS) is 35.2. The summed E-state index contributed by atoms with van der Waals surface area (Å²) in [6.45, 7) is 14.7. The summed E-state index contributed by atoms with van der Waals surface area (Å²) >= 11 is 0. The van der Waals surface area contributed by atoms with Gasteiger partial charge in [0.15, 0.2) is 0 Å². The predicted molar refractivity (Wildman–Crippen MR) is 99.4 cm³/mol. The number of rotatable bonds is 8. The average molecular weight is 356 g/mol. The van der Waals surface area contributed by atoms with Gasteiger partial charge in [-0.05, 0) is 40.2 Å². The third kappa shape index (κ3) is 4.54. The van der Waals surface area contributed by atoms with E-state index in [1.165, 1.54) is 0 Å². The molecule has 4 atom stereocenters. The first-order chi connectivity index (χ1) is 11.7. The Kier molecular flexibility index (Phi) is 6.87. The van der Waals surface area contributed by atoms with Crippen LogP contribution in [-0.2, 0) is 14.3 Å². The van der Waals surface area contributed by atoms with Gasteiger partial charge in [-0.15, -0.1) is 0 Å². The van der Waals surface area contributed by atoms with E-state index in [1.54, 1.807) is 0 Å². The van der Waals surface area contributed by atoms with Crippen molar-refractivity contribution < 1.29 is 14.3 Å². The molecule has 4 unspecified atom stereocenters. The predicted octanol–water partition coefficient (Wildman–Crippen LogP) is 1.52. The standard InChI is InChI=1S/C19H37N3O3/c1-6-24-16-11-19(20,18(16,4)5)17(23)21-9-7-8-10-22-12-14(2)25-15(3)13-22/h14-16H,6-13,20H2,1-5H3,(H,21,23). The summed E-state index contributed by atoms with van der Waals surface area (Å²) in [6.07, 6.45) is 3.32. The molecule has 1 aliphatic heterocycles. The summed E-state index contributed by atoms with van der Waals surface area (Å²) in [5.74, 6) is -0.0397. The van der Waals surface area contributed by atoms with Crippen LogP contribution in [0.15, 0.2) is 0 Å². The zero-order valence-corrected chi connectivity index (χ0v) is 16.6. The van der Waals surface area contributed by atoms with Gasteiger partial charge in [0, 0.05) is 38.1 Å². The Bertz CT molecular complexity index is 447. The van der Waals surface area contributed by atoms with E-state index >= 15 is 0 Å². The van der Waals surface area contributed by atoms with Crippen molar-refractivity contribution in [3.05, 3.63) is 0 Å². The first-order valence-corrected chi connectivity index (χ1v) is 9.77. The molecule has 25 heavy (non-hydrogen) atoms. The van der Waals surface area contributed by atoms with Crippen molar-refractivity contribution in [3.63, 3.8) is 0 Å². The Morgan fingerprint density at radius 2 is 1.92 bits per heavy atom. The SMILES string of the molecule is CCOC1CC(N)(C(=O)NCCCCN2CC(C)OC(C)C2)C1(C)C. The Morgan fingerprint density at radius 1 is 1.28 bits per heavy atom. The molecule has 1 heterocycles. The molecular weight excluding hydrogens is 318 g/mol. The monoisotopic (exact) mass is 355 g/mol. The van der Waals surface area contributed by atoms with E-state index < -0.39 is 5.54 Å². The second kappa shape index (κ2) is 8.33. The molecule has 1 amide bonds. The lowest BCUT2D eigenvalue weighted by molar-refractivity contribution is -0.170. The maximum absolute atomic E-state index is 12.5. The van der Waals surface area contributed by atoms with Gasteiger partial charge in [-0.1, -0.05) is 13.8 Å². The van der Waals surface area contributed by atoms with E-state index in [2.05, 4.69) is 24.1 Å². The Balaban J connectivity index is 1.66. The summed E-state index contributed by atoms with van der Waals surface area (Å²) in [5, 5.41) is 3.04. The number of morpholine rings is 1. The molecule has 0 aromatic heterocycles. The third-order valence-electron chi connectivity index (χ3n) is 5.92. The molecule has 1 saturated carbocycles. The second-order valence-electron chi connectivity index (χ2n) is 8.32. The van der Waals surface area contributed by atoms with Crippen molar-refractivity contribution in [2.45, 2.75) is 77.7 Å². The first kappa shape index (κ1) is 20.6. The van der Waals surface area contributed by atoms with E-state index in [-0.39, 0.29) is 17.4 Å². The molecule has 6 heteroatoms. The quantitative estimate of drug-likeness (QED) is 0.646. The van der Waals surface area contributed by atoms with Crippen molar-refractivity contribution in [1.29, 1.82) is 0 Å². The third-order valence-corrected chi connectivity index (χ3v) is 5.92. The van der Waals surface area contributed by atoms with Gasteiger partial charge in [0.25, 0.3) is 0 Å². The molecule has 2 aliphatic rings. The van der Waals surface area contributed by atoms with Crippen LogP contribution in [0.5, 0.6) is 0 Å². The molecule has 1 aliphatic carbocycles. The molecule has 0 aromatic rings. The molecule has 2 fully saturated rings. The molecular formula is C19H37N3O3. The minimum Gasteiger partial charge on any atom is -0.378 e. The molecule has 3 N–H and O–H groups in total. The highest BCUT2D eigenvalue weighted by Gasteiger charge is 2.62. The first-order valence-electron chi connectivity index (χ1n) is 9.77. The topological polar surface area (TPSA) is 76.8 Å². The van der Waals surface area contributed by atoms with Gasteiger partial charge in [-0.3, -0.25) is 9.69 Å². The van der Waals surface area contributed by atoms with Crippen molar-refractivity contribution in [2.75, 3.05) is 32.8 Å². The van der Waals surface area contributed by atoms with Gasteiger partial charge in [-0.2, -0.15) is 0 Å². The molecule has 146 valence electrons. The van der Waals surface area contributed by atoms with E-state index in [0.29, 0.717) is 31.8 Å². The van der Waals surface area contributed by atoms with Crippen LogP contribution >= 0.6 is 0 Å². The number of unbranched alkanes of at least 4 members (excludes halogenated alkanes) is 1. The number of carbonyl (C=O) groups is 1. The van der Waals surface area contributed by atoms with Crippen LogP contribution in [-0.4, -0.2) is 67.4 Å². The lowest BCUT2D eigenvalue weighted by Crippen LogP contribution is -2.75. The molecule has 2 rings (SSSR count).